The van der Waals surface area contributed by atoms with Gasteiger partial charge in [-0.1, -0.05) is 12.1 Å². The number of benzene rings is 2. The van der Waals surface area contributed by atoms with E-state index in [-0.39, 0.29) is 27.8 Å². The summed E-state index contributed by atoms with van der Waals surface area (Å²) < 4.78 is 49.7. The molecular formula is C22H17FN2O5S. The van der Waals surface area contributed by atoms with E-state index in [1.54, 1.807) is 30.5 Å². The summed E-state index contributed by atoms with van der Waals surface area (Å²) in [6.45, 7) is 0.169. The van der Waals surface area contributed by atoms with E-state index in [2.05, 4.69) is 10.3 Å². The molecule has 7 nitrogen and oxygen atoms in total. The number of carbonyl (C=O) groups is 1. The van der Waals surface area contributed by atoms with E-state index in [0.29, 0.717) is 11.1 Å². The molecule has 2 aromatic heterocycles. The van der Waals surface area contributed by atoms with E-state index in [9.17, 15) is 17.6 Å². The lowest BCUT2D eigenvalue weighted by Crippen LogP contribution is -2.22. The first-order chi connectivity index (χ1) is 14.9. The zero-order chi connectivity index (χ0) is 22.0. The van der Waals surface area contributed by atoms with Gasteiger partial charge in [-0.2, -0.15) is 0 Å². The average molecular weight is 440 g/mol. The van der Waals surface area contributed by atoms with Gasteiger partial charge in [0.2, 0.25) is 9.84 Å². The van der Waals surface area contributed by atoms with Gasteiger partial charge in [-0.25, -0.2) is 12.8 Å². The molecule has 0 radical (unpaired) electrons. The molecule has 0 aliphatic heterocycles. The van der Waals surface area contributed by atoms with Crippen molar-refractivity contribution in [2.24, 2.45) is 0 Å². The number of fused-ring (bicyclic) bond motifs is 1. The van der Waals surface area contributed by atoms with Gasteiger partial charge in [-0.05, 0) is 42.0 Å². The maximum atomic E-state index is 13.7. The fourth-order valence-corrected chi connectivity index (χ4v) is 4.30. The third kappa shape index (κ3) is 4.26. The van der Waals surface area contributed by atoms with Crippen molar-refractivity contribution in [3.8, 4) is 5.75 Å². The Morgan fingerprint density at radius 2 is 1.87 bits per heavy atom. The highest BCUT2D eigenvalue weighted by atomic mass is 32.2. The van der Waals surface area contributed by atoms with Gasteiger partial charge >= 0.3 is 0 Å². The van der Waals surface area contributed by atoms with Gasteiger partial charge in [0.15, 0.2) is 11.3 Å². The summed E-state index contributed by atoms with van der Waals surface area (Å²) in [5, 5.41) is 3.49. The van der Waals surface area contributed by atoms with Gasteiger partial charge in [0.1, 0.15) is 11.6 Å². The van der Waals surface area contributed by atoms with Crippen LogP contribution in [0.2, 0.25) is 0 Å². The SMILES string of the molecule is COc1cc(F)cc(S(=O)(=O)c2ccc(CNC(=O)c3cc4ccncc4o3)cc2)c1. The minimum absolute atomic E-state index is 0.0000127. The maximum absolute atomic E-state index is 13.7. The second-order valence-corrected chi connectivity index (χ2v) is 8.63. The van der Waals surface area contributed by atoms with Crippen LogP contribution in [0.3, 0.4) is 0 Å². The third-order valence-corrected chi connectivity index (χ3v) is 6.37. The number of aromatic nitrogens is 1. The highest BCUT2D eigenvalue weighted by Gasteiger charge is 2.20. The standard InChI is InChI=1S/C22H17FN2O5S/c1-29-17-9-16(23)10-19(11-17)31(27,28)18-4-2-14(3-5-18)12-25-22(26)20-8-15-6-7-24-13-21(15)30-20/h2-11,13H,12H2,1H3,(H,25,26). The molecule has 0 unspecified atom stereocenters. The highest BCUT2D eigenvalue weighted by Crippen LogP contribution is 2.26. The van der Waals surface area contributed by atoms with E-state index in [1.165, 1.54) is 31.5 Å². The van der Waals surface area contributed by atoms with Gasteiger partial charge in [0.05, 0.1) is 23.1 Å². The minimum atomic E-state index is -3.93. The summed E-state index contributed by atoms with van der Waals surface area (Å²) in [4.78, 5) is 16.1. The Kier molecular flexibility index (Phi) is 5.43. The number of rotatable bonds is 6. The van der Waals surface area contributed by atoms with Crippen LogP contribution in [0, 0.1) is 5.82 Å². The summed E-state index contributed by atoms with van der Waals surface area (Å²) in [6.07, 6.45) is 3.13. The van der Waals surface area contributed by atoms with E-state index < -0.39 is 21.6 Å². The first-order valence-corrected chi connectivity index (χ1v) is 10.7. The topological polar surface area (TPSA) is 98.5 Å². The molecule has 0 fully saturated rings. The Balaban J connectivity index is 1.47. The lowest BCUT2D eigenvalue weighted by Gasteiger charge is -2.09. The predicted octanol–water partition coefficient (Wildman–Crippen LogP) is 3.74. The number of hydrogen-bond acceptors (Lipinski definition) is 6. The largest absolute Gasteiger partial charge is 0.497 e. The number of hydrogen-bond donors (Lipinski definition) is 1. The van der Waals surface area contributed by atoms with Crippen molar-refractivity contribution in [2.45, 2.75) is 16.3 Å². The number of halogens is 1. The van der Waals surface area contributed by atoms with Crippen LogP contribution < -0.4 is 10.1 Å². The van der Waals surface area contributed by atoms with Gasteiger partial charge < -0.3 is 14.5 Å². The zero-order valence-corrected chi connectivity index (χ0v) is 17.1. The van der Waals surface area contributed by atoms with Crippen LogP contribution in [0.4, 0.5) is 4.39 Å². The molecule has 1 N–H and O–H groups in total. The van der Waals surface area contributed by atoms with Gasteiger partial charge in [-0.3, -0.25) is 9.78 Å². The number of pyridine rings is 1. The summed E-state index contributed by atoms with van der Waals surface area (Å²) in [7, 11) is -2.60. The van der Waals surface area contributed by atoms with Crippen LogP contribution in [0.25, 0.3) is 11.0 Å². The molecule has 2 aromatic carbocycles. The lowest BCUT2D eigenvalue weighted by molar-refractivity contribution is 0.0925. The van der Waals surface area contributed by atoms with Gasteiger partial charge in [0.25, 0.3) is 5.91 Å². The highest BCUT2D eigenvalue weighted by molar-refractivity contribution is 7.91. The average Bonchev–Trinajstić information content (AvgIpc) is 3.21. The third-order valence-electron chi connectivity index (χ3n) is 4.62. The van der Waals surface area contributed by atoms with Crippen molar-refractivity contribution in [1.29, 1.82) is 0 Å². The molecule has 9 heteroatoms. The van der Waals surface area contributed by atoms with Gasteiger partial charge in [0, 0.05) is 24.2 Å². The molecule has 2 heterocycles. The Morgan fingerprint density at radius 1 is 1.10 bits per heavy atom. The van der Waals surface area contributed by atoms with Crippen molar-refractivity contribution in [3.63, 3.8) is 0 Å². The number of sulfone groups is 1. The van der Waals surface area contributed by atoms with E-state index in [0.717, 1.165) is 17.5 Å². The van der Waals surface area contributed by atoms with Crippen LogP contribution in [0.1, 0.15) is 16.1 Å². The molecule has 31 heavy (non-hydrogen) atoms. The van der Waals surface area contributed by atoms with E-state index in [1.807, 2.05) is 0 Å². The van der Waals surface area contributed by atoms with Crippen LogP contribution >= 0.6 is 0 Å². The molecular weight excluding hydrogens is 423 g/mol. The first-order valence-electron chi connectivity index (χ1n) is 9.17. The smallest absolute Gasteiger partial charge is 0.287 e. The van der Waals surface area contributed by atoms with Crippen molar-refractivity contribution in [1.82, 2.24) is 10.3 Å². The molecule has 0 saturated heterocycles. The molecule has 0 aliphatic carbocycles. The number of nitrogens with one attached hydrogen (secondary N) is 1. The number of nitrogens with zero attached hydrogens (tertiary/aromatic N) is 1. The lowest BCUT2D eigenvalue weighted by atomic mass is 10.2. The van der Waals surface area contributed by atoms with Crippen LogP contribution in [-0.2, 0) is 16.4 Å². The Bertz CT molecular complexity index is 1330. The zero-order valence-electron chi connectivity index (χ0n) is 16.3. The molecule has 0 saturated carbocycles. The molecule has 0 bridgehead atoms. The quantitative estimate of drug-likeness (QED) is 0.491. The fraction of sp³-hybridized carbons (Fsp3) is 0.0909. The second kappa shape index (κ2) is 8.19. The molecule has 0 spiro atoms. The molecule has 0 aliphatic rings. The summed E-state index contributed by atoms with van der Waals surface area (Å²) in [5.41, 5.74) is 1.19. The van der Waals surface area contributed by atoms with Crippen LogP contribution in [-0.4, -0.2) is 26.4 Å². The number of amides is 1. The molecule has 158 valence electrons. The Labute approximate surface area is 177 Å². The normalized spacial score (nSPS) is 11.4. The fourth-order valence-electron chi connectivity index (χ4n) is 3.00. The minimum Gasteiger partial charge on any atom is -0.497 e. The Hall–Kier alpha value is -3.72. The predicted molar refractivity (Wildman–Crippen MR) is 110 cm³/mol. The number of ether oxygens (including phenoxy) is 1. The van der Waals surface area contributed by atoms with Crippen molar-refractivity contribution >= 4 is 26.7 Å². The summed E-state index contributed by atoms with van der Waals surface area (Å²) in [6, 6.07) is 12.6. The molecule has 4 rings (SSSR count). The monoisotopic (exact) mass is 440 g/mol. The summed E-state index contributed by atoms with van der Waals surface area (Å²) >= 11 is 0. The summed E-state index contributed by atoms with van der Waals surface area (Å²) in [5.74, 6) is -0.847. The van der Waals surface area contributed by atoms with Crippen molar-refractivity contribution < 1.29 is 26.8 Å². The Morgan fingerprint density at radius 3 is 2.58 bits per heavy atom. The van der Waals surface area contributed by atoms with Crippen LogP contribution in [0.5, 0.6) is 5.75 Å². The van der Waals surface area contributed by atoms with E-state index in [4.69, 9.17) is 9.15 Å². The second-order valence-electron chi connectivity index (χ2n) is 6.68. The van der Waals surface area contributed by atoms with E-state index >= 15 is 0 Å². The van der Waals surface area contributed by atoms with Gasteiger partial charge in [-0.15, -0.1) is 0 Å². The number of furan rings is 1. The number of methoxy groups -OCH3 is 1. The van der Waals surface area contributed by atoms with Crippen LogP contribution in [0.15, 0.2) is 81.2 Å². The molecule has 4 aromatic rings. The van der Waals surface area contributed by atoms with Crippen molar-refractivity contribution in [3.05, 3.63) is 84.1 Å². The van der Waals surface area contributed by atoms with Crippen molar-refractivity contribution in [2.75, 3.05) is 7.11 Å². The maximum Gasteiger partial charge on any atom is 0.287 e. The molecule has 1 amide bonds. The molecule has 0 atom stereocenters. The first kappa shape index (κ1) is 20.5. The number of carbonyl (C=O) groups excluding carboxylic acids is 1.